The number of nitrogens with zero attached hydrogens (tertiary/aromatic N) is 1. The predicted octanol–water partition coefficient (Wildman–Crippen LogP) is 2.74. The second kappa shape index (κ2) is 4.05. The van der Waals surface area contributed by atoms with Gasteiger partial charge in [0.2, 0.25) is 0 Å². The molecule has 0 spiro atoms. The van der Waals surface area contributed by atoms with Crippen LogP contribution in [0.25, 0.3) is 0 Å². The van der Waals surface area contributed by atoms with Crippen molar-refractivity contribution in [2.24, 2.45) is 5.92 Å². The maximum Gasteiger partial charge on any atom is 0.159 e. The summed E-state index contributed by atoms with van der Waals surface area (Å²) in [6.45, 7) is 6.12. The molecule has 1 heterocycles. The van der Waals surface area contributed by atoms with Crippen LogP contribution in [0.3, 0.4) is 0 Å². The van der Waals surface area contributed by atoms with Crippen LogP contribution in [0.4, 0.5) is 5.69 Å². The molecule has 0 radical (unpaired) electrons. The highest BCUT2D eigenvalue weighted by molar-refractivity contribution is 5.95. The second-order valence-corrected chi connectivity index (χ2v) is 4.29. The van der Waals surface area contributed by atoms with Crippen LogP contribution in [-0.2, 0) is 0 Å². The van der Waals surface area contributed by atoms with Gasteiger partial charge >= 0.3 is 0 Å². The van der Waals surface area contributed by atoms with Crippen LogP contribution in [-0.4, -0.2) is 18.9 Å². The minimum absolute atomic E-state index is 0.143. The summed E-state index contributed by atoms with van der Waals surface area (Å²) >= 11 is 0. The van der Waals surface area contributed by atoms with Crippen molar-refractivity contribution in [3.63, 3.8) is 0 Å². The van der Waals surface area contributed by atoms with Gasteiger partial charge in [0.15, 0.2) is 5.78 Å². The number of carbonyl (C=O) groups is 1. The molecular formula is C13H17NO. The summed E-state index contributed by atoms with van der Waals surface area (Å²) in [4.78, 5) is 13.6. The van der Waals surface area contributed by atoms with Crippen LogP contribution >= 0.6 is 0 Å². The predicted molar refractivity (Wildman–Crippen MR) is 62.4 cm³/mol. The fourth-order valence-electron chi connectivity index (χ4n) is 1.96. The van der Waals surface area contributed by atoms with E-state index in [0.717, 1.165) is 24.6 Å². The van der Waals surface area contributed by atoms with Crippen molar-refractivity contribution >= 4 is 11.5 Å². The maximum atomic E-state index is 11.2. The van der Waals surface area contributed by atoms with Crippen LogP contribution in [0.15, 0.2) is 24.3 Å². The Balaban J connectivity index is 2.10. The molecule has 1 aromatic rings. The van der Waals surface area contributed by atoms with Gasteiger partial charge in [-0.1, -0.05) is 19.1 Å². The number of rotatable bonds is 3. The molecule has 80 valence electrons. The largest absolute Gasteiger partial charge is 0.371 e. The van der Waals surface area contributed by atoms with Gasteiger partial charge in [0.05, 0.1) is 0 Å². The van der Waals surface area contributed by atoms with Gasteiger partial charge in [-0.3, -0.25) is 4.79 Å². The number of Topliss-reactive ketones (excluding diaryl/α,β-unsaturated/α-hetero) is 1. The molecule has 0 bridgehead atoms. The van der Waals surface area contributed by atoms with Gasteiger partial charge in [0.25, 0.3) is 0 Å². The average molecular weight is 203 g/mol. The number of anilines is 1. The smallest absolute Gasteiger partial charge is 0.159 e. The zero-order valence-corrected chi connectivity index (χ0v) is 9.36. The van der Waals surface area contributed by atoms with E-state index in [-0.39, 0.29) is 5.78 Å². The number of hydrogen-bond acceptors (Lipinski definition) is 2. The van der Waals surface area contributed by atoms with E-state index in [1.165, 1.54) is 12.1 Å². The Morgan fingerprint density at radius 1 is 1.47 bits per heavy atom. The number of hydrogen-bond donors (Lipinski definition) is 0. The first-order valence-electron chi connectivity index (χ1n) is 5.56. The van der Waals surface area contributed by atoms with Crippen molar-refractivity contribution in [2.45, 2.75) is 20.3 Å². The normalized spacial score (nSPS) is 16.3. The summed E-state index contributed by atoms with van der Waals surface area (Å²) in [6.07, 6.45) is 1.25. The summed E-state index contributed by atoms with van der Waals surface area (Å²) in [5.74, 6) is 0.982. The fraction of sp³-hybridized carbons (Fsp3) is 0.462. The van der Waals surface area contributed by atoms with E-state index in [1.807, 2.05) is 18.2 Å². The molecule has 1 fully saturated rings. The molecule has 2 rings (SSSR count). The standard InChI is InChI=1S/C13H17NO/c1-3-11-8-14(9-11)13-6-4-5-12(7-13)10(2)15/h4-7,11H,3,8-9H2,1-2H3. The summed E-state index contributed by atoms with van der Waals surface area (Å²) < 4.78 is 0. The van der Waals surface area contributed by atoms with Gasteiger partial charge < -0.3 is 4.90 Å². The molecule has 0 aromatic heterocycles. The zero-order valence-electron chi connectivity index (χ0n) is 9.36. The molecular weight excluding hydrogens is 186 g/mol. The van der Waals surface area contributed by atoms with Crippen LogP contribution in [0.1, 0.15) is 30.6 Å². The molecule has 1 aliphatic heterocycles. The molecule has 0 atom stereocenters. The summed E-state index contributed by atoms with van der Waals surface area (Å²) in [6, 6.07) is 7.92. The quantitative estimate of drug-likeness (QED) is 0.704. The van der Waals surface area contributed by atoms with Crippen LogP contribution in [0.5, 0.6) is 0 Å². The zero-order chi connectivity index (χ0) is 10.8. The van der Waals surface area contributed by atoms with E-state index in [9.17, 15) is 4.79 Å². The lowest BCUT2D eigenvalue weighted by atomic mass is 9.96. The van der Waals surface area contributed by atoms with Gasteiger partial charge in [-0.2, -0.15) is 0 Å². The number of ketones is 1. The van der Waals surface area contributed by atoms with Gasteiger partial charge in [-0.25, -0.2) is 0 Å². The highest BCUT2D eigenvalue weighted by Crippen LogP contribution is 2.26. The Morgan fingerprint density at radius 2 is 2.20 bits per heavy atom. The number of benzene rings is 1. The second-order valence-electron chi connectivity index (χ2n) is 4.29. The lowest BCUT2D eigenvalue weighted by Crippen LogP contribution is -2.46. The van der Waals surface area contributed by atoms with E-state index in [4.69, 9.17) is 0 Å². The van der Waals surface area contributed by atoms with Gasteiger partial charge in [0.1, 0.15) is 0 Å². The molecule has 1 aliphatic rings. The van der Waals surface area contributed by atoms with E-state index >= 15 is 0 Å². The lowest BCUT2D eigenvalue weighted by Gasteiger charge is -2.40. The molecule has 0 unspecified atom stereocenters. The molecule has 1 aromatic carbocycles. The van der Waals surface area contributed by atoms with E-state index < -0.39 is 0 Å². The Hall–Kier alpha value is -1.31. The Labute approximate surface area is 90.9 Å². The van der Waals surface area contributed by atoms with E-state index in [2.05, 4.69) is 17.9 Å². The first-order valence-corrected chi connectivity index (χ1v) is 5.56. The first-order chi connectivity index (χ1) is 7.20. The minimum atomic E-state index is 0.143. The third-order valence-corrected chi connectivity index (χ3v) is 3.15. The molecule has 0 saturated carbocycles. The van der Waals surface area contributed by atoms with Crippen LogP contribution in [0.2, 0.25) is 0 Å². The van der Waals surface area contributed by atoms with E-state index in [0.29, 0.717) is 0 Å². The first kappa shape index (κ1) is 10.2. The summed E-state index contributed by atoms with van der Waals surface area (Å²) in [5, 5.41) is 0. The molecule has 2 heteroatoms. The average Bonchev–Trinajstić information content (AvgIpc) is 2.16. The molecule has 0 N–H and O–H groups in total. The van der Waals surface area contributed by atoms with Gasteiger partial charge in [-0.15, -0.1) is 0 Å². The summed E-state index contributed by atoms with van der Waals surface area (Å²) in [5.41, 5.74) is 2.00. The van der Waals surface area contributed by atoms with Crippen molar-refractivity contribution in [2.75, 3.05) is 18.0 Å². The van der Waals surface area contributed by atoms with E-state index in [1.54, 1.807) is 6.92 Å². The lowest BCUT2D eigenvalue weighted by molar-refractivity contribution is 0.101. The number of carbonyl (C=O) groups excluding carboxylic acids is 1. The Bertz CT molecular complexity index is 367. The van der Waals surface area contributed by atoms with Crippen molar-refractivity contribution in [1.29, 1.82) is 0 Å². The monoisotopic (exact) mass is 203 g/mol. The molecule has 0 aliphatic carbocycles. The molecule has 15 heavy (non-hydrogen) atoms. The van der Waals surface area contributed by atoms with Crippen molar-refractivity contribution < 1.29 is 4.79 Å². The SMILES string of the molecule is CCC1CN(c2cccc(C(C)=O)c2)C1. The summed E-state index contributed by atoms with van der Waals surface area (Å²) in [7, 11) is 0. The Kier molecular flexibility index (Phi) is 2.76. The van der Waals surface area contributed by atoms with Crippen molar-refractivity contribution in [3.8, 4) is 0 Å². The van der Waals surface area contributed by atoms with Crippen LogP contribution in [0, 0.1) is 5.92 Å². The third kappa shape index (κ3) is 2.04. The molecule has 1 saturated heterocycles. The van der Waals surface area contributed by atoms with Gasteiger partial charge in [0, 0.05) is 24.3 Å². The fourth-order valence-corrected chi connectivity index (χ4v) is 1.96. The third-order valence-electron chi connectivity index (χ3n) is 3.15. The minimum Gasteiger partial charge on any atom is -0.371 e. The highest BCUT2D eigenvalue weighted by Gasteiger charge is 2.25. The molecule has 0 amide bonds. The maximum absolute atomic E-state index is 11.2. The molecule has 2 nitrogen and oxygen atoms in total. The van der Waals surface area contributed by atoms with Gasteiger partial charge in [-0.05, 0) is 31.4 Å². The highest BCUT2D eigenvalue weighted by atomic mass is 16.1. The van der Waals surface area contributed by atoms with Crippen molar-refractivity contribution in [3.05, 3.63) is 29.8 Å². The Morgan fingerprint density at radius 3 is 2.80 bits per heavy atom. The topological polar surface area (TPSA) is 20.3 Å². The van der Waals surface area contributed by atoms with Crippen LogP contribution < -0.4 is 4.90 Å². The van der Waals surface area contributed by atoms with Crippen molar-refractivity contribution in [1.82, 2.24) is 0 Å².